The van der Waals surface area contributed by atoms with Crippen LogP contribution in [-0.2, 0) is 4.79 Å². The van der Waals surface area contributed by atoms with Crippen molar-refractivity contribution >= 4 is 11.8 Å². The van der Waals surface area contributed by atoms with E-state index in [1.807, 2.05) is 24.3 Å². The summed E-state index contributed by atoms with van der Waals surface area (Å²) in [5.41, 5.74) is 1.44. The molecule has 2 atom stereocenters. The van der Waals surface area contributed by atoms with Gasteiger partial charge in [-0.05, 0) is 49.4 Å². The number of hydrogen-bond donors (Lipinski definition) is 2. The third kappa shape index (κ3) is 4.21. The van der Waals surface area contributed by atoms with Gasteiger partial charge < -0.3 is 19.8 Å². The van der Waals surface area contributed by atoms with Crippen LogP contribution < -0.4 is 15.4 Å². The van der Waals surface area contributed by atoms with Gasteiger partial charge in [-0.1, -0.05) is 12.1 Å². The minimum absolute atomic E-state index is 0.0494. The van der Waals surface area contributed by atoms with Crippen LogP contribution in [0.25, 0.3) is 0 Å². The van der Waals surface area contributed by atoms with Gasteiger partial charge in [0.2, 0.25) is 5.91 Å². The molecule has 2 N–H and O–H groups in total. The average molecular weight is 342 g/mol. The Bertz CT molecular complexity index is 720. The highest BCUT2D eigenvalue weighted by molar-refractivity contribution is 5.97. The first-order valence-corrected chi connectivity index (χ1v) is 8.36. The molecule has 2 amide bonds. The van der Waals surface area contributed by atoms with Gasteiger partial charge in [-0.2, -0.15) is 0 Å². The molecule has 0 radical (unpaired) electrons. The van der Waals surface area contributed by atoms with E-state index in [2.05, 4.69) is 10.6 Å². The number of hydrogen-bond acceptors (Lipinski definition) is 4. The molecule has 1 heterocycles. The summed E-state index contributed by atoms with van der Waals surface area (Å²) in [6.07, 6.45) is 4.95. The van der Waals surface area contributed by atoms with Crippen LogP contribution in [0.15, 0.2) is 47.3 Å². The van der Waals surface area contributed by atoms with Gasteiger partial charge in [0.15, 0.2) is 0 Å². The molecule has 132 valence electrons. The maximum atomic E-state index is 12.5. The number of furan rings is 1. The molecule has 0 saturated heterocycles. The summed E-state index contributed by atoms with van der Waals surface area (Å²) >= 11 is 0. The van der Waals surface area contributed by atoms with E-state index in [9.17, 15) is 9.59 Å². The molecule has 0 unspecified atom stereocenters. The summed E-state index contributed by atoms with van der Waals surface area (Å²) in [7, 11) is 1.62. The van der Waals surface area contributed by atoms with Crippen molar-refractivity contribution in [3.63, 3.8) is 0 Å². The molecule has 3 rings (SSSR count). The fourth-order valence-electron chi connectivity index (χ4n) is 2.73. The Labute approximate surface area is 146 Å². The standard InChI is InChI=1S/C19H22N2O4/c1-12(20-19(23)15-9-10-25-11-15)18(22)21-17(13-3-4-13)14-5-7-16(24-2)8-6-14/h5-13,17H,3-4H2,1-2H3,(H,20,23)(H,21,22)/t12-,17-/m1/s1. The molecule has 0 bridgehead atoms. The lowest BCUT2D eigenvalue weighted by molar-refractivity contribution is -0.123. The average Bonchev–Trinajstić information content (AvgIpc) is 3.31. The molecule has 6 heteroatoms. The lowest BCUT2D eigenvalue weighted by atomic mass is 10.0. The van der Waals surface area contributed by atoms with E-state index >= 15 is 0 Å². The zero-order valence-corrected chi connectivity index (χ0v) is 14.3. The molecule has 1 saturated carbocycles. The maximum Gasteiger partial charge on any atom is 0.255 e. The quantitative estimate of drug-likeness (QED) is 0.811. The third-order valence-electron chi connectivity index (χ3n) is 4.39. The van der Waals surface area contributed by atoms with E-state index < -0.39 is 6.04 Å². The Morgan fingerprint density at radius 1 is 1.16 bits per heavy atom. The number of carbonyl (C=O) groups excluding carboxylic acids is 2. The monoisotopic (exact) mass is 342 g/mol. The van der Waals surface area contributed by atoms with Gasteiger partial charge in [-0.3, -0.25) is 9.59 Å². The largest absolute Gasteiger partial charge is 0.497 e. The molecule has 1 fully saturated rings. The van der Waals surface area contributed by atoms with Crippen LogP contribution in [-0.4, -0.2) is 25.0 Å². The molecule has 1 aromatic heterocycles. The minimum atomic E-state index is -0.637. The molecule has 6 nitrogen and oxygen atoms in total. The van der Waals surface area contributed by atoms with Crippen LogP contribution in [0.2, 0.25) is 0 Å². The van der Waals surface area contributed by atoms with Gasteiger partial charge in [-0.15, -0.1) is 0 Å². The van der Waals surface area contributed by atoms with Gasteiger partial charge in [0.25, 0.3) is 5.91 Å². The van der Waals surface area contributed by atoms with Crippen molar-refractivity contribution in [2.45, 2.75) is 31.8 Å². The fraction of sp³-hybridized carbons (Fsp3) is 0.368. The number of nitrogens with one attached hydrogen (secondary N) is 2. The van der Waals surface area contributed by atoms with Crippen molar-refractivity contribution in [1.29, 1.82) is 0 Å². The summed E-state index contributed by atoms with van der Waals surface area (Å²) in [6, 6.07) is 8.59. The summed E-state index contributed by atoms with van der Waals surface area (Å²) in [4.78, 5) is 24.5. The minimum Gasteiger partial charge on any atom is -0.497 e. The summed E-state index contributed by atoms with van der Waals surface area (Å²) in [5, 5.41) is 5.75. The maximum absolute atomic E-state index is 12.5. The van der Waals surface area contributed by atoms with E-state index in [0.29, 0.717) is 11.5 Å². The van der Waals surface area contributed by atoms with Crippen molar-refractivity contribution < 1.29 is 18.7 Å². The Kier molecular flexibility index (Phi) is 5.07. The van der Waals surface area contributed by atoms with Crippen molar-refractivity contribution in [3.8, 4) is 5.75 Å². The Morgan fingerprint density at radius 3 is 2.44 bits per heavy atom. The van der Waals surface area contributed by atoms with Crippen molar-refractivity contribution in [2.24, 2.45) is 5.92 Å². The van der Waals surface area contributed by atoms with Gasteiger partial charge >= 0.3 is 0 Å². The normalized spacial score (nSPS) is 15.9. The highest BCUT2D eigenvalue weighted by Crippen LogP contribution is 2.41. The summed E-state index contributed by atoms with van der Waals surface area (Å²) in [6.45, 7) is 1.67. The SMILES string of the molecule is COc1ccc([C@H](NC(=O)[C@@H](C)NC(=O)c2ccoc2)C2CC2)cc1. The Balaban J connectivity index is 1.63. The second kappa shape index (κ2) is 7.42. The second-order valence-electron chi connectivity index (χ2n) is 6.30. The number of amides is 2. The molecule has 25 heavy (non-hydrogen) atoms. The predicted molar refractivity (Wildman–Crippen MR) is 92.2 cm³/mol. The van der Waals surface area contributed by atoms with Crippen LogP contribution in [0.1, 0.15) is 41.7 Å². The van der Waals surface area contributed by atoms with Crippen LogP contribution in [0.3, 0.4) is 0 Å². The van der Waals surface area contributed by atoms with E-state index in [0.717, 1.165) is 24.2 Å². The third-order valence-corrected chi connectivity index (χ3v) is 4.39. The summed E-state index contributed by atoms with van der Waals surface area (Å²) < 4.78 is 10.1. The number of ether oxygens (including phenoxy) is 1. The Hall–Kier alpha value is -2.76. The predicted octanol–water partition coefficient (Wildman–Crippen LogP) is 2.67. The molecule has 1 aliphatic carbocycles. The van der Waals surface area contributed by atoms with Gasteiger partial charge in [0.1, 0.15) is 18.1 Å². The number of rotatable bonds is 7. The highest BCUT2D eigenvalue weighted by Gasteiger charge is 2.34. The molecule has 1 aromatic carbocycles. The lowest BCUT2D eigenvalue weighted by Crippen LogP contribution is -2.46. The summed E-state index contributed by atoms with van der Waals surface area (Å²) in [5.74, 6) is 0.688. The first kappa shape index (κ1) is 17.1. The number of methoxy groups -OCH3 is 1. The van der Waals surface area contributed by atoms with Gasteiger partial charge in [0, 0.05) is 0 Å². The molecular formula is C19H22N2O4. The Morgan fingerprint density at radius 2 is 1.88 bits per heavy atom. The molecular weight excluding hydrogens is 320 g/mol. The van der Waals surface area contributed by atoms with Crippen LogP contribution >= 0.6 is 0 Å². The first-order chi connectivity index (χ1) is 12.1. The molecule has 1 aliphatic rings. The van der Waals surface area contributed by atoms with Crippen molar-refractivity contribution in [2.75, 3.05) is 7.11 Å². The smallest absolute Gasteiger partial charge is 0.255 e. The van der Waals surface area contributed by atoms with Gasteiger partial charge in [-0.25, -0.2) is 0 Å². The zero-order chi connectivity index (χ0) is 17.8. The highest BCUT2D eigenvalue weighted by atomic mass is 16.5. The molecule has 0 spiro atoms. The van der Waals surface area contributed by atoms with E-state index in [1.54, 1.807) is 20.1 Å². The van der Waals surface area contributed by atoms with Crippen molar-refractivity contribution in [3.05, 3.63) is 54.0 Å². The van der Waals surface area contributed by atoms with Crippen LogP contribution in [0.5, 0.6) is 5.75 Å². The zero-order valence-electron chi connectivity index (χ0n) is 14.3. The number of benzene rings is 1. The fourth-order valence-corrected chi connectivity index (χ4v) is 2.73. The van der Waals surface area contributed by atoms with Gasteiger partial charge in [0.05, 0.1) is 25.0 Å². The van der Waals surface area contributed by atoms with Crippen LogP contribution in [0, 0.1) is 5.92 Å². The lowest BCUT2D eigenvalue weighted by Gasteiger charge is -2.22. The van der Waals surface area contributed by atoms with E-state index in [-0.39, 0.29) is 17.9 Å². The number of carbonyl (C=O) groups is 2. The first-order valence-electron chi connectivity index (χ1n) is 8.36. The van der Waals surface area contributed by atoms with Crippen LogP contribution in [0.4, 0.5) is 0 Å². The van der Waals surface area contributed by atoms with E-state index in [4.69, 9.17) is 9.15 Å². The van der Waals surface area contributed by atoms with E-state index in [1.165, 1.54) is 12.5 Å². The molecule has 2 aromatic rings. The van der Waals surface area contributed by atoms with Crippen molar-refractivity contribution in [1.82, 2.24) is 10.6 Å². The second-order valence-corrected chi connectivity index (χ2v) is 6.30. The molecule has 0 aliphatic heterocycles. The topological polar surface area (TPSA) is 80.6 Å².